The number of carbonyl (C=O) groups is 2. The third-order valence-corrected chi connectivity index (χ3v) is 4.81. The van der Waals surface area contributed by atoms with Crippen LogP contribution in [-0.4, -0.2) is 55.0 Å². The molecule has 4 N–H and O–H groups in total. The van der Waals surface area contributed by atoms with E-state index in [1.165, 1.54) is 21.3 Å². The van der Waals surface area contributed by atoms with Gasteiger partial charge >= 0.3 is 11.9 Å². The van der Waals surface area contributed by atoms with Crippen molar-refractivity contribution in [3.63, 3.8) is 0 Å². The summed E-state index contributed by atoms with van der Waals surface area (Å²) in [6.07, 6.45) is -0.0529. The van der Waals surface area contributed by atoms with E-state index in [4.69, 9.17) is 19.3 Å². The maximum atomic E-state index is 11.6. The number of carboxylic acids is 2. The average Bonchev–Trinajstić information content (AvgIpc) is 2.99. The summed E-state index contributed by atoms with van der Waals surface area (Å²) in [4.78, 5) is 25.1. The van der Waals surface area contributed by atoms with E-state index in [0.717, 1.165) is 0 Å². The molecule has 1 aromatic heterocycles. The lowest BCUT2D eigenvalue weighted by molar-refractivity contribution is -0.136. The summed E-state index contributed by atoms with van der Waals surface area (Å²) in [7, 11) is 4.46. The Bertz CT molecular complexity index is 879. The highest BCUT2D eigenvalue weighted by molar-refractivity contribution is 9.10. The zero-order valence-corrected chi connectivity index (χ0v) is 17.2. The molecule has 152 valence electrons. The Morgan fingerprint density at radius 2 is 1.79 bits per heavy atom. The summed E-state index contributed by atoms with van der Waals surface area (Å²) in [5, 5.41) is 21.2. The number of H-pyrrole nitrogens is 1. The maximum Gasteiger partial charge on any atom is 0.353 e. The summed E-state index contributed by atoms with van der Waals surface area (Å²) >= 11 is 3.36. The maximum absolute atomic E-state index is 11.6. The molecule has 0 atom stereocenters. The minimum absolute atomic E-state index is 0.0260. The molecule has 1 heterocycles. The van der Waals surface area contributed by atoms with Crippen LogP contribution in [-0.2, 0) is 11.3 Å². The summed E-state index contributed by atoms with van der Waals surface area (Å²) in [6, 6.07) is 3.43. The molecule has 0 saturated carbocycles. The SMILES string of the molecule is COc1ccc(-c2c(CNCCC(=O)O)[nH]c(C(=O)O)c2Br)c(OC)c1OC. The van der Waals surface area contributed by atoms with Gasteiger partial charge in [-0.25, -0.2) is 4.79 Å². The molecule has 0 fully saturated rings. The van der Waals surface area contributed by atoms with Crippen LogP contribution in [0.1, 0.15) is 22.6 Å². The highest BCUT2D eigenvalue weighted by atomic mass is 79.9. The van der Waals surface area contributed by atoms with Gasteiger partial charge in [-0.2, -0.15) is 0 Å². The van der Waals surface area contributed by atoms with Crippen LogP contribution in [0.5, 0.6) is 17.2 Å². The van der Waals surface area contributed by atoms with Crippen molar-refractivity contribution in [3.8, 4) is 28.4 Å². The number of hydrogen-bond acceptors (Lipinski definition) is 6. The van der Waals surface area contributed by atoms with Gasteiger partial charge in [0.25, 0.3) is 0 Å². The number of benzene rings is 1. The summed E-state index contributed by atoms with van der Waals surface area (Å²) in [5.41, 5.74) is 1.69. The van der Waals surface area contributed by atoms with Crippen LogP contribution in [0.25, 0.3) is 11.1 Å². The Morgan fingerprint density at radius 1 is 1.11 bits per heavy atom. The number of aromatic amines is 1. The molecule has 1 aromatic carbocycles. The predicted molar refractivity (Wildman–Crippen MR) is 105 cm³/mol. The third kappa shape index (κ3) is 4.39. The summed E-state index contributed by atoms with van der Waals surface area (Å²) in [6.45, 7) is 0.461. The first-order valence-corrected chi connectivity index (χ1v) is 9.00. The van der Waals surface area contributed by atoms with Crippen LogP contribution in [0.2, 0.25) is 0 Å². The number of aromatic carboxylic acids is 1. The molecule has 0 aliphatic heterocycles. The van der Waals surface area contributed by atoms with Gasteiger partial charge in [-0.3, -0.25) is 4.79 Å². The van der Waals surface area contributed by atoms with E-state index >= 15 is 0 Å². The quantitative estimate of drug-likeness (QED) is 0.401. The lowest BCUT2D eigenvalue weighted by Crippen LogP contribution is -2.18. The van der Waals surface area contributed by atoms with E-state index in [0.29, 0.717) is 38.5 Å². The summed E-state index contributed by atoms with van der Waals surface area (Å²) in [5.74, 6) is -0.839. The smallest absolute Gasteiger partial charge is 0.353 e. The van der Waals surface area contributed by atoms with E-state index in [2.05, 4.69) is 26.2 Å². The fourth-order valence-corrected chi connectivity index (χ4v) is 3.51. The second-order valence-corrected chi connectivity index (χ2v) is 6.47. The van der Waals surface area contributed by atoms with Gasteiger partial charge in [0, 0.05) is 29.9 Å². The Hall–Kier alpha value is -2.72. The number of ether oxygens (including phenoxy) is 3. The zero-order valence-electron chi connectivity index (χ0n) is 15.6. The molecule has 2 rings (SSSR count). The normalized spacial score (nSPS) is 10.6. The first kappa shape index (κ1) is 21.6. The highest BCUT2D eigenvalue weighted by Gasteiger charge is 2.26. The van der Waals surface area contributed by atoms with Crippen molar-refractivity contribution in [1.29, 1.82) is 0 Å². The molecule has 28 heavy (non-hydrogen) atoms. The lowest BCUT2D eigenvalue weighted by atomic mass is 10.0. The van der Waals surface area contributed by atoms with Crippen molar-refractivity contribution in [3.05, 3.63) is 28.0 Å². The minimum atomic E-state index is -1.13. The molecule has 0 aliphatic rings. The van der Waals surface area contributed by atoms with Crippen molar-refractivity contribution in [2.24, 2.45) is 0 Å². The molecule has 0 aliphatic carbocycles. The van der Waals surface area contributed by atoms with Gasteiger partial charge in [0.1, 0.15) is 5.69 Å². The largest absolute Gasteiger partial charge is 0.493 e. The third-order valence-electron chi connectivity index (χ3n) is 4.02. The number of aliphatic carboxylic acids is 1. The zero-order chi connectivity index (χ0) is 20.8. The number of aromatic nitrogens is 1. The summed E-state index contributed by atoms with van der Waals surface area (Å²) < 4.78 is 16.6. The molecule has 0 unspecified atom stereocenters. The topological polar surface area (TPSA) is 130 Å². The number of hydrogen-bond donors (Lipinski definition) is 4. The van der Waals surface area contributed by atoms with Crippen LogP contribution in [0.4, 0.5) is 0 Å². The van der Waals surface area contributed by atoms with Gasteiger partial charge in [0.05, 0.1) is 32.2 Å². The molecule has 10 heteroatoms. The van der Waals surface area contributed by atoms with Gasteiger partial charge in [-0.15, -0.1) is 0 Å². The number of methoxy groups -OCH3 is 3. The number of carboxylic acid groups (broad SMARTS) is 2. The molecule has 0 amide bonds. The van der Waals surface area contributed by atoms with Crippen molar-refractivity contribution in [1.82, 2.24) is 10.3 Å². The lowest BCUT2D eigenvalue weighted by Gasteiger charge is -2.16. The van der Waals surface area contributed by atoms with Gasteiger partial charge in [0.2, 0.25) is 5.75 Å². The number of nitrogens with one attached hydrogen (secondary N) is 2. The molecule has 0 bridgehead atoms. The molecule has 9 nitrogen and oxygen atoms in total. The molecule has 0 saturated heterocycles. The number of rotatable bonds is 10. The Labute approximate surface area is 169 Å². The van der Waals surface area contributed by atoms with Crippen LogP contribution in [0, 0.1) is 0 Å². The first-order chi connectivity index (χ1) is 13.3. The van der Waals surface area contributed by atoms with Crippen LogP contribution in [0.3, 0.4) is 0 Å². The van der Waals surface area contributed by atoms with Crippen LogP contribution < -0.4 is 19.5 Å². The van der Waals surface area contributed by atoms with Crippen LogP contribution >= 0.6 is 15.9 Å². The van der Waals surface area contributed by atoms with Crippen molar-refractivity contribution in [2.45, 2.75) is 13.0 Å². The van der Waals surface area contributed by atoms with Gasteiger partial charge in [0.15, 0.2) is 11.5 Å². The van der Waals surface area contributed by atoms with E-state index in [1.807, 2.05) is 0 Å². The molecule has 2 aromatic rings. The van der Waals surface area contributed by atoms with Gasteiger partial charge in [-0.1, -0.05) is 0 Å². The fourth-order valence-electron chi connectivity index (χ4n) is 2.79. The van der Waals surface area contributed by atoms with E-state index < -0.39 is 11.9 Å². The van der Waals surface area contributed by atoms with E-state index in [1.54, 1.807) is 12.1 Å². The van der Waals surface area contributed by atoms with Crippen molar-refractivity contribution < 1.29 is 34.0 Å². The van der Waals surface area contributed by atoms with E-state index in [-0.39, 0.29) is 25.2 Å². The Balaban J connectivity index is 2.57. The van der Waals surface area contributed by atoms with E-state index in [9.17, 15) is 14.7 Å². The fraction of sp³-hybridized carbons (Fsp3) is 0.333. The molecule has 0 radical (unpaired) electrons. The molecular formula is C18H21BrN2O7. The Kier molecular flexibility index (Phi) is 7.30. The first-order valence-electron chi connectivity index (χ1n) is 8.21. The van der Waals surface area contributed by atoms with Gasteiger partial charge in [-0.05, 0) is 28.1 Å². The molecule has 0 spiro atoms. The predicted octanol–water partition coefficient (Wildman–Crippen LogP) is 2.73. The van der Waals surface area contributed by atoms with Crippen molar-refractivity contribution in [2.75, 3.05) is 27.9 Å². The average molecular weight is 457 g/mol. The standard InChI is InChI=1S/C18H21BrN2O7/c1-26-11-5-4-9(16(27-2)17(11)28-3)13-10(8-20-7-6-12(22)23)21-15(14(13)19)18(24)25/h4-5,20-21H,6-8H2,1-3H3,(H,22,23)(H,24,25). The van der Waals surface area contributed by atoms with Gasteiger partial charge < -0.3 is 34.7 Å². The van der Waals surface area contributed by atoms with Crippen LogP contribution in [0.15, 0.2) is 16.6 Å². The highest BCUT2D eigenvalue weighted by Crippen LogP contribution is 2.47. The minimum Gasteiger partial charge on any atom is -0.493 e. The number of halogens is 1. The molecular weight excluding hydrogens is 436 g/mol. The second kappa shape index (κ2) is 9.47. The second-order valence-electron chi connectivity index (χ2n) is 5.68. The monoisotopic (exact) mass is 456 g/mol. The van der Waals surface area contributed by atoms with Crippen molar-refractivity contribution >= 4 is 27.9 Å². The Morgan fingerprint density at radius 3 is 2.32 bits per heavy atom.